The fraction of sp³-hybridized carbons (Fsp3) is 0.750. The predicted molar refractivity (Wildman–Crippen MR) is 64.8 cm³/mol. The Bertz CT molecular complexity index is 343. The van der Waals surface area contributed by atoms with E-state index in [-0.39, 0.29) is 18.0 Å². The van der Waals surface area contributed by atoms with E-state index in [1.807, 2.05) is 6.07 Å². The number of nitriles is 1. The van der Waals surface area contributed by atoms with Crippen LogP contribution in [0.4, 0.5) is 4.79 Å². The number of hydrogen-bond acceptors (Lipinski definition) is 3. The third kappa shape index (κ3) is 4.24. The third-order valence-electron chi connectivity index (χ3n) is 3.31. The summed E-state index contributed by atoms with van der Waals surface area (Å²) >= 11 is 0. The average molecular weight is 253 g/mol. The number of amides is 2. The highest BCUT2D eigenvalue weighted by atomic mass is 16.4. The first-order valence-electron chi connectivity index (χ1n) is 6.16. The molecule has 0 aromatic rings. The summed E-state index contributed by atoms with van der Waals surface area (Å²) in [4.78, 5) is 24.0. The molecule has 2 N–H and O–H groups in total. The van der Waals surface area contributed by atoms with Crippen molar-refractivity contribution < 1.29 is 14.7 Å². The van der Waals surface area contributed by atoms with Gasteiger partial charge in [0.2, 0.25) is 0 Å². The van der Waals surface area contributed by atoms with Gasteiger partial charge >= 0.3 is 12.0 Å². The maximum absolute atomic E-state index is 11.7. The molecule has 0 aromatic carbocycles. The zero-order chi connectivity index (χ0) is 13.5. The van der Waals surface area contributed by atoms with Crippen LogP contribution in [0.15, 0.2) is 0 Å². The smallest absolute Gasteiger partial charge is 0.317 e. The van der Waals surface area contributed by atoms with E-state index >= 15 is 0 Å². The van der Waals surface area contributed by atoms with Crippen molar-refractivity contribution in [1.29, 1.82) is 5.26 Å². The second-order valence-electron chi connectivity index (χ2n) is 4.67. The van der Waals surface area contributed by atoms with Crippen LogP contribution in [0.5, 0.6) is 0 Å². The molecule has 0 spiro atoms. The fourth-order valence-electron chi connectivity index (χ4n) is 2.09. The van der Waals surface area contributed by atoms with Gasteiger partial charge in [-0.05, 0) is 25.7 Å². The number of urea groups is 1. The minimum absolute atomic E-state index is 0.0534. The van der Waals surface area contributed by atoms with E-state index < -0.39 is 5.97 Å². The van der Waals surface area contributed by atoms with Gasteiger partial charge in [-0.2, -0.15) is 5.26 Å². The molecule has 100 valence electrons. The molecule has 18 heavy (non-hydrogen) atoms. The van der Waals surface area contributed by atoms with Gasteiger partial charge in [0.15, 0.2) is 0 Å². The van der Waals surface area contributed by atoms with E-state index in [2.05, 4.69) is 5.32 Å². The first kappa shape index (κ1) is 14.3. The second kappa shape index (κ2) is 6.84. The van der Waals surface area contributed by atoms with Crippen molar-refractivity contribution in [2.45, 2.75) is 38.1 Å². The topological polar surface area (TPSA) is 93.4 Å². The maximum atomic E-state index is 11.7. The van der Waals surface area contributed by atoms with E-state index in [0.717, 1.165) is 0 Å². The van der Waals surface area contributed by atoms with Crippen LogP contribution in [0.2, 0.25) is 0 Å². The molecule has 1 aliphatic carbocycles. The molecule has 1 aliphatic rings. The number of carboxylic acid groups (broad SMARTS) is 1. The number of aliphatic carboxylic acids is 1. The zero-order valence-corrected chi connectivity index (χ0v) is 10.6. The lowest BCUT2D eigenvalue weighted by molar-refractivity contribution is -0.142. The van der Waals surface area contributed by atoms with E-state index in [0.29, 0.717) is 38.6 Å². The van der Waals surface area contributed by atoms with Crippen molar-refractivity contribution in [1.82, 2.24) is 10.2 Å². The summed E-state index contributed by atoms with van der Waals surface area (Å²) in [5, 5.41) is 20.2. The summed E-state index contributed by atoms with van der Waals surface area (Å²) < 4.78 is 0. The van der Waals surface area contributed by atoms with Crippen molar-refractivity contribution in [3.8, 4) is 6.07 Å². The molecule has 1 rings (SSSR count). The van der Waals surface area contributed by atoms with Gasteiger partial charge < -0.3 is 15.3 Å². The van der Waals surface area contributed by atoms with Crippen LogP contribution < -0.4 is 5.32 Å². The molecule has 6 nitrogen and oxygen atoms in total. The highest BCUT2D eigenvalue weighted by molar-refractivity contribution is 5.74. The molecule has 0 atom stereocenters. The largest absolute Gasteiger partial charge is 0.481 e. The Kier molecular flexibility index (Phi) is 5.43. The van der Waals surface area contributed by atoms with Gasteiger partial charge in [0.05, 0.1) is 18.4 Å². The fourth-order valence-corrected chi connectivity index (χ4v) is 2.09. The number of rotatable bonds is 4. The quantitative estimate of drug-likeness (QED) is 0.786. The Morgan fingerprint density at radius 2 is 2.00 bits per heavy atom. The number of nitrogens with zero attached hydrogens (tertiary/aromatic N) is 2. The van der Waals surface area contributed by atoms with E-state index in [4.69, 9.17) is 10.4 Å². The third-order valence-corrected chi connectivity index (χ3v) is 3.31. The molecule has 0 bridgehead atoms. The number of nitrogens with one attached hydrogen (secondary N) is 1. The molecule has 0 saturated heterocycles. The van der Waals surface area contributed by atoms with Gasteiger partial charge in [0, 0.05) is 19.6 Å². The first-order valence-corrected chi connectivity index (χ1v) is 6.16. The summed E-state index contributed by atoms with van der Waals surface area (Å²) in [6.07, 6.45) is 2.95. The van der Waals surface area contributed by atoms with Crippen molar-refractivity contribution in [3.05, 3.63) is 0 Å². The maximum Gasteiger partial charge on any atom is 0.317 e. The van der Waals surface area contributed by atoms with Gasteiger partial charge in [0.25, 0.3) is 0 Å². The van der Waals surface area contributed by atoms with E-state index in [1.165, 1.54) is 4.90 Å². The summed E-state index contributed by atoms with van der Waals surface area (Å²) in [5.74, 6) is -1.01. The Morgan fingerprint density at radius 3 is 2.50 bits per heavy atom. The molecule has 0 aromatic heterocycles. The molecule has 0 aliphatic heterocycles. The monoisotopic (exact) mass is 253 g/mol. The summed E-state index contributed by atoms with van der Waals surface area (Å²) in [6, 6.07) is 1.85. The minimum atomic E-state index is -0.745. The Labute approximate surface area is 107 Å². The first-order chi connectivity index (χ1) is 8.54. The average Bonchev–Trinajstić information content (AvgIpc) is 2.36. The Hall–Kier alpha value is -1.77. The summed E-state index contributed by atoms with van der Waals surface area (Å²) in [6.45, 7) is 0.410. The van der Waals surface area contributed by atoms with Crippen LogP contribution in [0, 0.1) is 17.2 Å². The van der Waals surface area contributed by atoms with Gasteiger partial charge in [0.1, 0.15) is 0 Å². The lowest BCUT2D eigenvalue weighted by atomic mass is 9.86. The van der Waals surface area contributed by atoms with Crippen LogP contribution in [-0.2, 0) is 4.79 Å². The summed E-state index contributed by atoms with van der Waals surface area (Å²) in [5.41, 5.74) is 0. The van der Waals surface area contributed by atoms with Crippen LogP contribution in [0.3, 0.4) is 0 Å². The lowest BCUT2D eigenvalue weighted by Crippen LogP contribution is -2.45. The molecule has 0 heterocycles. The van der Waals surface area contributed by atoms with Crippen molar-refractivity contribution in [3.63, 3.8) is 0 Å². The second-order valence-corrected chi connectivity index (χ2v) is 4.67. The zero-order valence-electron chi connectivity index (χ0n) is 10.6. The number of carbonyl (C=O) groups excluding carboxylic acids is 1. The molecule has 0 radical (unpaired) electrons. The molecular weight excluding hydrogens is 234 g/mol. The van der Waals surface area contributed by atoms with Gasteiger partial charge in [-0.1, -0.05) is 0 Å². The highest BCUT2D eigenvalue weighted by Crippen LogP contribution is 2.24. The number of carboxylic acids is 1. The van der Waals surface area contributed by atoms with Gasteiger partial charge in [-0.15, -0.1) is 0 Å². The van der Waals surface area contributed by atoms with Gasteiger partial charge in [-0.25, -0.2) is 4.79 Å². The van der Waals surface area contributed by atoms with Gasteiger partial charge in [-0.3, -0.25) is 4.79 Å². The molecular formula is C12H19N3O3. The SMILES string of the molecule is CN(CCC#N)C(=O)NC1CCC(C(=O)O)CC1. The standard InChI is InChI=1S/C12H19N3O3/c1-15(8-2-7-13)12(18)14-10-5-3-9(4-6-10)11(16)17/h9-10H,2-6,8H2,1H3,(H,14,18)(H,16,17). The highest BCUT2D eigenvalue weighted by Gasteiger charge is 2.27. The molecule has 0 unspecified atom stereocenters. The Balaban J connectivity index is 2.30. The predicted octanol–water partition coefficient (Wildman–Crippen LogP) is 1.18. The number of carbonyl (C=O) groups is 2. The Morgan fingerprint density at radius 1 is 1.39 bits per heavy atom. The molecule has 1 saturated carbocycles. The summed E-state index contributed by atoms with van der Waals surface area (Å²) in [7, 11) is 1.65. The van der Waals surface area contributed by atoms with Crippen molar-refractivity contribution >= 4 is 12.0 Å². The molecule has 1 fully saturated rings. The van der Waals surface area contributed by atoms with E-state index in [1.54, 1.807) is 7.05 Å². The van der Waals surface area contributed by atoms with Crippen molar-refractivity contribution in [2.75, 3.05) is 13.6 Å². The lowest BCUT2D eigenvalue weighted by Gasteiger charge is -2.28. The normalized spacial score (nSPS) is 22.9. The van der Waals surface area contributed by atoms with E-state index in [9.17, 15) is 9.59 Å². The van der Waals surface area contributed by atoms with Crippen molar-refractivity contribution in [2.24, 2.45) is 5.92 Å². The molecule has 6 heteroatoms. The van der Waals surface area contributed by atoms with Crippen LogP contribution in [-0.4, -0.2) is 41.6 Å². The van der Waals surface area contributed by atoms with Crippen LogP contribution in [0.25, 0.3) is 0 Å². The minimum Gasteiger partial charge on any atom is -0.481 e. The van der Waals surface area contributed by atoms with Crippen LogP contribution in [0.1, 0.15) is 32.1 Å². The molecule has 2 amide bonds. The van der Waals surface area contributed by atoms with Crippen LogP contribution >= 0.6 is 0 Å². The number of hydrogen-bond donors (Lipinski definition) is 2.